The number of hydrogen-bond acceptors (Lipinski definition) is 7. The van der Waals surface area contributed by atoms with Crippen LogP contribution in [0.25, 0.3) is 0 Å². The number of anilines is 1. The van der Waals surface area contributed by atoms with Gasteiger partial charge in [-0.15, -0.1) is 0 Å². The van der Waals surface area contributed by atoms with Gasteiger partial charge >= 0.3 is 5.69 Å². The minimum Gasteiger partial charge on any atom is -0.393 e. The van der Waals surface area contributed by atoms with Gasteiger partial charge in [0.1, 0.15) is 23.6 Å². The number of fused-ring (bicyclic) bond motifs is 2. The minimum atomic E-state index is -1.15. The van der Waals surface area contributed by atoms with Crippen molar-refractivity contribution in [3.63, 3.8) is 0 Å². The van der Waals surface area contributed by atoms with Crippen LogP contribution in [0.1, 0.15) is 28.6 Å². The minimum absolute atomic E-state index is 0.148. The molecule has 0 radical (unpaired) electrons. The first-order valence-corrected chi connectivity index (χ1v) is 9.00. The highest BCUT2D eigenvalue weighted by molar-refractivity contribution is 6.03. The Balaban J connectivity index is 1.62. The van der Waals surface area contributed by atoms with E-state index in [1.54, 1.807) is 37.3 Å². The Morgan fingerprint density at radius 1 is 1.39 bits per heavy atom. The van der Waals surface area contributed by atoms with Crippen LogP contribution < -0.4 is 11.0 Å². The maximum absolute atomic E-state index is 12.6. The number of aliphatic hydroxyl groups is 2. The third-order valence-corrected chi connectivity index (χ3v) is 5.27. The zero-order chi connectivity index (χ0) is 19.9. The Kier molecular flexibility index (Phi) is 4.76. The van der Waals surface area contributed by atoms with E-state index < -0.39 is 29.7 Å². The van der Waals surface area contributed by atoms with Gasteiger partial charge in [-0.05, 0) is 19.1 Å². The third-order valence-electron chi connectivity index (χ3n) is 5.27. The normalized spacial score (nSPS) is 28.9. The van der Waals surface area contributed by atoms with Crippen LogP contribution in [0.3, 0.4) is 0 Å². The topological polar surface area (TPSA) is 123 Å². The molecular formula is C19H21N3O6. The molecule has 1 aromatic heterocycles. The summed E-state index contributed by atoms with van der Waals surface area (Å²) < 4.78 is 12.7. The number of aryl methyl sites for hydroxylation is 1. The van der Waals surface area contributed by atoms with Gasteiger partial charge in [-0.3, -0.25) is 9.36 Å². The van der Waals surface area contributed by atoms with E-state index in [-0.39, 0.29) is 18.3 Å². The van der Waals surface area contributed by atoms with E-state index in [0.717, 1.165) is 0 Å². The lowest BCUT2D eigenvalue weighted by molar-refractivity contribution is -0.144. The molecule has 9 heteroatoms. The van der Waals surface area contributed by atoms with Crippen LogP contribution >= 0.6 is 0 Å². The predicted molar refractivity (Wildman–Crippen MR) is 97.9 cm³/mol. The molecule has 28 heavy (non-hydrogen) atoms. The summed E-state index contributed by atoms with van der Waals surface area (Å²) in [7, 11) is 0. The summed E-state index contributed by atoms with van der Waals surface area (Å²) in [5.74, 6) is -0.228. The highest BCUT2D eigenvalue weighted by atomic mass is 16.6. The first-order chi connectivity index (χ1) is 13.4. The SMILES string of the molecule is Cc1cn([C@@H]2O[C@@]3(CO)CCOC2[C@H]3O)c(=O)nc1NC(=O)c1ccccc1. The number of nitrogens with one attached hydrogen (secondary N) is 1. The Bertz CT molecular complexity index is 946. The molecule has 2 fully saturated rings. The van der Waals surface area contributed by atoms with Gasteiger partial charge in [0.05, 0.1) is 13.2 Å². The summed E-state index contributed by atoms with van der Waals surface area (Å²) in [6, 6.07) is 8.60. The van der Waals surface area contributed by atoms with Crippen molar-refractivity contribution in [3.8, 4) is 0 Å². The second kappa shape index (κ2) is 7.10. The van der Waals surface area contributed by atoms with Gasteiger partial charge in [0.15, 0.2) is 6.23 Å². The van der Waals surface area contributed by atoms with Gasteiger partial charge < -0.3 is 25.0 Å². The maximum Gasteiger partial charge on any atom is 0.351 e. The van der Waals surface area contributed by atoms with E-state index in [4.69, 9.17) is 9.47 Å². The van der Waals surface area contributed by atoms with E-state index in [0.29, 0.717) is 24.2 Å². The van der Waals surface area contributed by atoms with E-state index in [2.05, 4.69) is 10.3 Å². The molecule has 2 aliphatic rings. The van der Waals surface area contributed by atoms with Crippen molar-refractivity contribution < 1.29 is 24.5 Å². The molecule has 148 valence electrons. The Morgan fingerprint density at radius 3 is 2.82 bits per heavy atom. The maximum atomic E-state index is 12.6. The number of rotatable bonds is 4. The summed E-state index contributed by atoms with van der Waals surface area (Å²) in [6.45, 7) is 1.63. The third kappa shape index (κ3) is 3.02. The van der Waals surface area contributed by atoms with Crippen LogP contribution in [0, 0.1) is 6.92 Å². The van der Waals surface area contributed by atoms with Crippen LogP contribution in [0.15, 0.2) is 41.3 Å². The molecule has 2 aliphatic heterocycles. The quantitative estimate of drug-likeness (QED) is 0.685. The van der Waals surface area contributed by atoms with Crippen molar-refractivity contribution in [2.75, 3.05) is 18.5 Å². The average molecular weight is 387 g/mol. The lowest BCUT2D eigenvalue weighted by Gasteiger charge is -2.33. The molecule has 9 nitrogen and oxygen atoms in total. The molecule has 0 spiro atoms. The number of hydrogen-bond donors (Lipinski definition) is 3. The smallest absolute Gasteiger partial charge is 0.351 e. The number of carbonyl (C=O) groups excluding carboxylic acids is 1. The predicted octanol–water partition coefficient (Wildman–Crippen LogP) is 0.214. The standard InChI is InChI=1S/C19H21N3O6/c1-11-9-22(17-13-14(24)19(10-23,28-17)7-8-27-13)18(26)21-15(11)20-16(25)12-5-3-2-4-6-12/h2-6,9,13-14,17,23-24H,7-8,10H2,1H3,(H,20,21,25,26)/t13?,14-,17-,19-/m1/s1. The van der Waals surface area contributed by atoms with Crippen molar-refractivity contribution in [1.82, 2.24) is 9.55 Å². The van der Waals surface area contributed by atoms with Crippen molar-refractivity contribution in [1.29, 1.82) is 0 Å². The van der Waals surface area contributed by atoms with Crippen LogP contribution in [0.2, 0.25) is 0 Å². The Morgan fingerprint density at radius 2 is 2.14 bits per heavy atom. The van der Waals surface area contributed by atoms with Crippen LogP contribution in [-0.4, -0.2) is 56.7 Å². The van der Waals surface area contributed by atoms with Crippen LogP contribution in [0.4, 0.5) is 5.82 Å². The molecule has 1 amide bonds. The molecule has 1 unspecified atom stereocenters. The molecule has 0 saturated carbocycles. The summed E-state index contributed by atoms with van der Waals surface area (Å²) in [6.07, 6.45) is -0.931. The molecular weight excluding hydrogens is 366 g/mol. The van der Waals surface area contributed by atoms with Gasteiger partial charge in [0, 0.05) is 23.7 Å². The lowest BCUT2D eigenvalue weighted by Crippen LogP contribution is -2.51. The average Bonchev–Trinajstić information content (AvgIpc) is 2.86. The first-order valence-electron chi connectivity index (χ1n) is 9.00. The Labute approximate surface area is 160 Å². The summed E-state index contributed by atoms with van der Waals surface area (Å²) in [4.78, 5) is 28.9. The summed E-state index contributed by atoms with van der Waals surface area (Å²) in [5.41, 5.74) is -0.819. The first kappa shape index (κ1) is 18.8. The highest BCUT2D eigenvalue weighted by Gasteiger charge is 2.58. The zero-order valence-electron chi connectivity index (χ0n) is 15.2. The van der Waals surface area contributed by atoms with Crippen molar-refractivity contribution in [2.45, 2.75) is 37.4 Å². The number of amides is 1. The number of benzene rings is 1. The number of ether oxygens (including phenoxy) is 2. The van der Waals surface area contributed by atoms with Crippen LogP contribution in [-0.2, 0) is 9.47 Å². The van der Waals surface area contributed by atoms with E-state index in [1.807, 2.05) is 0 Å². The van der Waals surface area contributed by atoms with Gasteiger partial charge in [-0.1, -0.05) is 18.2 Å². The van der Waals surface area contributed by atoms with Gasteiger partial charge in [0.2, 0.25) is 0 Å². The fourth-order valence-corrected chi connectivity index (χ4v) is 3.65. The second-order valence-electron chi connectivity index (χ2n) is 7.04. The van der Waals surface area contributed by atoms with E-state index in [1.165, 1.54) is 10.8 Å². The zero-order valence-corrected chi connectivity index (χ0v) is 15.2. The summed E-state index contributed by atoms with van der Waals surface area (Å²) in [5, 5.41) is 22.8. The molecule has 4 atom stereocenters. The van der Waals surface area contributed by atoms with Gasteiger partial charge in [-0.25, -0.2) is 4.79 Å². The molecule has 2 bridgehead atoms. The monoisotopic (exact) mass is 387 g/mol. The molecule has 4 rings (SSSR count). The fourth-order valence-electron chi connectivity index (χ4n) is 3.65. The van der Waals surface area contributed by atoms with Crippen molar-refractivity contribution >= 4 is 11.7 Å². The van der Waals surface area contributed by atoms with Crippen molar-refractivity contribution in [3.05, 3.63) is 58.1 Å². The number of aliphatic hydroxyl groups excluding tert-OH is 2. The van der Waals surface area contributed by atoms with Crippen LogP contribution in [0.5, 0.6) is 0 Å². The second-order valence-corrected chi connectivity index (χ2v) is 7.04. The summed E-state index contributed by atoms with van der Waals surface area (Å²) >= 11 is 0. The van der Waals surface area contributed by atoms with E-state index >= 15 is 0 Å². The fraction of sp³-hybridized carbons (Fsp3) is 0.421. The Hall–Kier alpha value is -2.59. The molecule has 3 heterocycles. The molecule has 3 N–H and O–H groups in total. The van der Waals surface area contributed by atoms with E-state index in [9.17, 15) is 19.8 Å². The molecule has 2 aromatic rings. The van der Waals surface area contributed by atoms with Gasteiger partial charge in [0.25, 0.3) is 5.91 Å². The van der Waals surface area contributed by atoms with Crippen molar-refractivity contribution in [2.24, 2.45) is 0 Å². The highest BCUT2D eigenvalue weighted by Crippen LogP contribution is 2.43. The lowest BCUT2D eigenvalue weighted by atomic mass is 9.90. The number of carbonyl (C=O) groups is 1. The molecule has 0 aliphatic carbocycles. The molecule has 1 aromatic carbocycles. The largest absolute Gasteiger partial charge is 0.393 e. The number of nitrogens with zero attached hydrogens (tertiary/aromatic N) is 2. The molecule has 2 saturated heterocycles. The van der Waals surface area contributed by atoms with Gasteiger partial charge in [-0.2, -0.15) is 4.98 Å². The number of aromatic nitrogens is 2.